The van der Waals surface area contributed by atoms with Crippen molar-refractivity contribution in [2.45, 2.75) is 19.0 Å². The van der Waals surface area contributed by atoms with Crippen LogP contribution in [0.25, 0.3) is 0 Å². The Kier molecular flexibility index (Phi) is 6.60. The summed E-state index contributed by atoms with van der Waals surface area (Å²) in [6, 6.07) is 17.8. The fourth-order valence-electron chi connectivity index (χ4n) is 4.66. The van der Waals surface area contributed by atoms with E-state index in [4.69, 9.17) is 14.2 Å². The number of piperazine rings is 1. The number of benzene rings is 2. The van der Waals surface area contributed by atoms with Gasteiger partial charge in [0, 0.05) is 48.3 Å². The van der Waals surface area contributed by atoms with Gasteiger partial charge in [-0.05, 0) is 60.8 Å². The molecule has 2 aliphatic heterocycles. The van der Waals surface area contributed by atoms with Crippen molar-refractivity contribution in [1.29, 1.82) is 0 Å². The Bertz CT molecular complexity index is 1110. The number of hydrogen-bond acceptors (Lipinski definition) is 7. The van der Waals surface area contributed by atoms with Crippen molar-refractivity contribution in [2.24, 2.45) is 0 Å². The maximum Gasteiger partial charge on any atom is 0.251 e. The van der Waals surface area contributed by atoms with Crippen molar-refractivity contribution in [1.82, 2.24) is 10.2 Å². The highest BCUT2D eigenvalue weighted by Crippen LogP contribution is 2.33. The molecule has 1 amide bonds. The van der Waals surface area contributed by atoms with E-state index in [1.54, 1.807) is 36.6 Å². The molecule has 0 saturated carbocycles. The zero-order chi connectivity index (χ0) is 23.5. The SMILES string of the molecule is COc1ccc(N2CCN([C@@H](c3cccs3)[C@@H](C)NC(=O)c3ccc4c(c3)OCO4)CC2)cc1. The first-order valence-electron chi connectivity index (χ1n) is 11.5. The maximum absolute atomic E-state index is 13.1. The second-order valence-corrected chi connectivity index (χ2v) is 9.49. The van der Waals surface area contributed by atoms with Crippen LogP contribution >= 0.6 is 11.3 Å². The van der Waals surface area contributed by atoms with Crippen molar-refractivity contribution >= 4 is 22.9 Å². The van der Waals surface area contributed by atoms with Gasteiger partial charge in [-0.3, -0.25) is 9.69 Å². The number of fused-ring (bicyclic) bond motifs is 1. The molecule has 1 aromatic heterocycles. The van der Waals surface area contributed by atoms with Gasteiger partial charge in [-0.25, -0.2) is 0 Å². The Labute approximate surface area is 203 Å². The number of carbonyl (C=O) groups excluding carboxylic acids is 1. The topological polar surface area (TPSA) is 63.3 Å². The molecule has 34 heavy (non-hydrogen) atoms. The monoisotopic (exact) mass is 479 g/mol. The summed E-state index contributed by atoms with van der Waals surface area (Å²) in [5, 5.41) is 5.33. The Hall–Kier alpha value is -3.23. The lowest BCUT2D eigenvalue weighted by Crippen LogP contribution is -2.52. The number of nitrogens with zero attached hydrogens (tertiary/aromatic N) is 2. The van der Waals surface area contributed by atoms with Crippen LogP contribution in [-0.4, -0.2) is 56.9 Å². The van der Waals surface area contributed by atoms with Crippen LogP contribution in [0, 0.1) is 0 Å². The van der Waals surface area contributed by atoms with Crippen molar-refractivity contribution in [3.05, 3.63) is 70.4 Å². The molecule has 8 heteroatoms. The number of thiophene rings is 1. The molecule has 3 heterocycles. The van der Waals surface area contributed by atoms with E-state index in [0.717, 1.165) is 31.9 Å². The van der Waals surface area contributed by atoms with Crippen molar-refractivity contribution < 1.29 is 19.0 Å². The molecule has 7 nitrogen and oxygen atoms in total. The molecule has 2 aromatic carbocycles. The van der Waals surface area contributed by atoms with E-state index in [1.165, 1.54) is 10.6 Å². The smallest absolute Gasteiger partial charge is 0.251 e. The lowest BCUT2D eigenvalue weighted by atomic mass is 10.0. The summed E-state index contributed by atoms with van der Waals surface area (Å²) in [6.45, 7) is 5.97. The van der Waals surface area contributed by atoms with Crippen molar-refractivity contribution in [2.75, 3.05) is 45.0 Å². The quantitative estimate of drug-likeness (QED) is 0.549. The summed E-state index contributed by atoms with van der Waals surface area (Å²) in [5.74, 6) is 2.05. The van der Waals surface area contributed by atoms with Crippen LogP contribution < -0.4 is 24.4 Å². The molecule has 3 aromatic rings. The third-order valence-electron chi connectivity index (χ3n) is 6.45. The first kappa shape index (κ1) is 22.6. The normalized spacial score (nSPS) is 17.3. The van der Waals surface area contributed by atoms with Crippen LogP contribution in [0.1, 0.15) is 28.2 Å². The Morgan fingerprint density at radius 3 is 2.50 bits per heavy atom. The first-order valence-corrected chi connectivity index (χ1v) is 12.4. The molecule has 178 valence electrons. The number of nitrogens with one attached hydrogen (secondary N) is 1. The summed E-state index contributed by atoms with van der Waals surface area (Å²) in [4.78, 5) is 19.2. The van der Waals surface area contributed by atoms with Gasteiger partial charge in [-0.2, -0.15) is 0 Å². The van der Waals surface area contributed by atoms with E-state index in [9.17, 15) is 4.79 Å². The minimum Gasteiger partial charge on any atom is -0.497 e. The molecule has 0 radical (unpaired) electrons. The molecule has 0 aliphatic carbocycles. The van der Waals surface area contributed by atoms with Gasteiger partial charge in [0.1, 0.15) is 5.75 Å². The van der Waals surface area contributed by atoms with E-state index in [0.29, 0.717) is 17.1 Å². The lowest BCUT2D eigenvalue weighted by Gasteiger charge is -2.42. The minimum absolute atomic E-state index is 0.0656. The second kappa shape index (κ2) is 9.95. The van der Waals surface area contributed by atoms with Crippen LogP contribution in [0.5, 0.6) is 17.2 Å². The molecular weight excluding hydrogens is 450 g/mol. The number of hydrogen-bond donors (Lipinski definition) is 1. The fourth-order valence-corrected chi connectivity index (χ4v) is 5.62. The number of methoxy groups -OCH3 is 1. The third-order valence-corrected chi connectivity index (χ3v) is 7.39. The van der Waals surface area contributed by atoms with E-state index in [2.05, 4.69) is 51.7 Å². The fraction of sp³-hybridized carbons (Fsp3) is 0.346. The lowest BCUT2D eigenvalue weighted by molar-refractivity contribution is 0.0890. The van der Waals surface area contributed by atoms with Crippen LogP contribution in [0.15, 0.2) is 60.0 Å². The average Bonchev–Trinajstić information content (AvgIpc) is 3.56. The Morgan fingerprint density at radius 2 is 1.79 bits per heavy atom. The van der Waals surface area contributed by atoms with Crippen molar-refractivity contribution in [3.63, 3.8) is 0 Å². The highest BCUT2D eigenvalue weighted by Gasteiger charge is 2.31. The molecule has 2 atom stereocenters. The summed E-state index contributed by atoms with van der Waals surface area (Å²) in [6.07, 6.45) is 0. The van der Waals surface area contributed by atoms with Crippen molar-refractivity contribution in [3.8, 4) is 17.2 Å². The standard InChI is InChI=1S/C26H29N3O4S/c1-18(27-26(30)19-5-10-22-23(16-19)33-17-32-22)25(24-4-3-15-34-24)29-13-11-28(12-14-29)20-6-8-21(31-2)9-7-20/h3-10,15-16,18,25H,11-14,17H2,1-2H3,(H,27,30)/t18-,25-/m1/s1. The summed E-state index contributed by atoms with van der Waals surface area (Å²) in [7, 11) is 1.69. The summed E-state index contributed by atoms with van der Waals surface area (Å²) >= 11 is 1.74. The van der Waals surface area contributed by atoms with Crippen LogP contribution in [0.2, 0.25) is 0 Å². The second-order valence-electron chi connectivity index (χ2n) is 8.51. The van der Waals surface area contributed by atoms with Crippen LogP contribution in [0.4, 0.5) is 5.69 Å². The highest BCUT2D eigenvalue weighted by molar-refractivity contribution is 7.10. The number of anilines is 1. The number of rotatable bonds is 7. The molecule has 1 saturated heterocycles. The maximum atomic E-state index is 13.1. The molecule has 0 bridgehead atoms. The van der Waals surface area contributed by atoms with Gasteiger partial charge in [0.25, 0.3) is 5.91 Å². The third kappa shape index (κ3) is 4.69. The number of carbonyl (C=O) groups is 1. The van der Waals surface area contributed by atoms with E-state index in [-0.39, 0.29) is 24.8 Å². The minimum atomic E-state index is -0.107. The Balaban J connectivity index is 1.27. The van der Waals surface area contributed by atoms with Gasteiger partial charge in [-0.15, -0.1) is 11.3 Å². The van der Waals surface area contributed by atoms with E-state index in [1.807, 2.05) is 12.1 Å². The van der Waals surface area contributed by atoms with Gasteiger partial charge in [-0.1, -0.05) is 6.07 Å². The largest absolute Gasteiger partial charge is 0.497 e. The van der Waals surface area contributed by atoms with Gasteiger partial charge in [0.05, 0.1) is 13.2 Å². The molecule has 1 fully saturated rings. The predicted octanol–water partition coefficient (Wildman–Crippen LogP) is 4.17. The highest BCUT2D eigenvalue weighted by atomic mass is 32.1. The number of ether oxygens (including phenoxy) is 3. The van der Waals surface area contributed by atoms with Gasteiger partial charge >= 0.3 is 0 Å². The zero-order valence-electron chi connectivity index (χ0n) is 19.4. The molecule has 0 spiro atoms. The first-order chi connectivity index (χ1) is 16.6. The Morgan fingerprint density at radius 1 is 1.03 bits per heavy atom. The average molecular weight is 480 g/mol. The zero-order valence-corrected chi connectivity index (χ0v) is 20.2. The van der Waals surface area contributed by atoms with Gasteiger partial charge in [0.15, 0.2) is 11.5 Å². The number of amides is 1. The molecule has 1 N–H and O–H groups in total. The molecule has 0 unspecified atom stereocenters. The molecule has 2 aliphatic rings. The summed E-state index contributed by atoms with van der Waals surface area (Å²) < 4.78 is 16.1. The van der Waals surface area contributed by atoms with Crippen LogP contribution in [-0.2, 0) is 0 Å². The predicted molar refractivity (Wildman–Crippen MR) is 133 cm³/mol. The molecular formula is C26H29N3O4S. The van der Waals surface area contributed by atoms with Crippen LogP contribution in [0.3, 0.4) is 0 Å². The molecule has 5 rings (SSSR count). The van der Waals surface area contributed by atoms with E-state index >= 15 is 0 Å². The summed E-state index contributed by atoms with van der Waals surface area (Å²) in [5.41, 5.74) is 1.78. The van der Waals surface area contributed by atoms with Gasteiger partial charge < -0.3 is 24.4 Å². The van der Waals surface area contributed by atoms with E-state index < -0.39 is 0 Å². The van der Waals surface area contributed by atoms with Gasteiger partial charge in [0.2, 0.25) is 6.79 Å².